The van der Waals surface area contributed by atoms with E-state index in [1.165, 1.54) is 6.07 Å². The Labute approximate surface area is 121 Å². The molecular weight excluding hydrogens is 272 g/mol. The minimum Gasteiger partial charge on any atom is -0.462 e. The van der Waals surface area contributed by atoms with E-state index in [1.54, 1.807) is 24.3 Å². The number of nitrogens with zero attached hydrogens (tertiary/aromatic N) is 2. The number of carbonyl (C=O) groups is 1. The van der Waals surface area contributed by atoms with E-state index >= 15 is 0 Å². The van der Waals surface area contributed by atoms with Gasteiger partial charge in [0.05, 0.1) is 18.2 Å². The normalized spacial score (nSPS) is 10.5. The van der Waals surface area contributed by atoms with E-state index in [9.17, 15) is 14.9 Å². The Bertz CT molecular complexity index is 670. The number of pyridine rings is 1. The molecule has 0 saturated heterocycles. The molecule has 0 bridgehead atoms. The number of hydrogen-bond donors (Lipinski definition) is 0. The van der Waals surface area contributed by atoms with Gasteiger partial charge in [-0.1, -0.05) is 31.9 Å². The van der Waals surface area contributed by atoms with Crippen molar-refractivity contribution >= 4 is 22.7 Å². The van der Waals surface area contributed by atoms with Gasteiger partial charge in [0, 0.05) is 5.39 Å². The van der Waals surface area contributed by atoms with Crippen LogP contribution in [0.5, 0.6) is 0 Å². The minimum absolute atomic E-state index is 0.184. The van der Waals surface area contributed by atoms with E-state index in [-0.39, 0.29) is 11.4 Å². The predicted octanol–water partition coefficient (Wildman–Crippen LogP) is 3.49. The second-order valence-corrected chi connectivity index (χ2v) is 4.65. The minimum atomic E-state index is -0.611. The molecule has 0 radical (unpaired) electrons. The van der Waals surface area contributed by atoms with E-state index in [1.807, 2.05) is 0 Å². The third kappa shape index (κ3) is 3.53. The number of aromatic nitrogens is 1. The highest BCUT2D eigenvalue weighted by Gasteiger charge is 2.20. The van der Waals surface area contributed by atoms with Crippen LogP contribution in [0.2, 0.25) is 0 Å². The molecule has 0 unspecified atom stereocenters. The Hall–Kier alpha value is -2.50. The second kappa shape index (κ2) is 6.78. The molecule has 0 saturated carbocycles. The van der Waals surface area contributed by atoms with Gasteiger partial charge in [-0.25, -0.2) is 4.79 Å². The largest absolute Gasteiger partial charge is 0.462 e. The maximum atomic E-state index is 12.1. The van der Waals surface area contributed by atoms with Crippen LogP contribution in [0.15, 0.2) is 30.3 Å². The fourth-order valence-electron chi connectivity index (χ4n) is 2.02. The number of fused-ring (bicyclic) bond motifs is 1. The molecule has 2 aromatic rings. The second-order valence-electron chi connectivity index (χ2n) is 4.65. The summed E-state index contributed by atoms with van der Waals surface area (Å²) in [6, 6.07) is 7.98. The lowest BCUT2D eigenvalue weighted by atomic mass is 10.1. The molecule has 0 amide bonds. The lowest BCUT2D eigenvalue weighted by Gasteiger charge is -2.06. The van der Waals surface area contributed by atoms with Gasteiger partial charge in [0.25, 0.3) is 0 Å². The molecular formula is C15H16N2O4. The summed E-state index contributed by atoms with van der Waals surface area (Å²) in [6.07, 6.45) is 2.79. The SMILES string of the molecule is CCCCCOC(=O)c1cc([N+](=O)[O-])nc2ccccc12. The number of hydrogen-bond acceptors (Lipinski definition) is 5. The third-order valence-corrected chi connectivity index (χ3v) is 3.09. The molecule has 21 heavy (non-hydrogen) atoms. The molecule has 1 aromatic carbocycles. The van der Waals surface area contributed by atoms with Crippen LogP contribution in [0.4, 0.5) is 5.82 Å². The molecule has 6 heteroatoms. The van der Waals surface area contributed by atoms with Gasteiger partial charge in [0.1, 0.15) is 0 Å². The number of rotatable bonds is 6. The molecule has 0 N–H and O–H groups in total. The Kier molecular flexibility index (Phi) is 4.81. The van der Waals surface area contributed by atoms with Crippen molar-refractivity contribution in [2.75, 3.05) is 6.61 Å². The van der Waals surface area contributed by atoms with Crippen LogP contribution in [-0.4, -0.2) is 22.5 Å². The summed E-state index contributed by atoms with van der Waals surface area (Å²) in [5.41, 5.74) is 0.594. The van der Waals surface area contributed by atoms with Crippen LogP contribution in [0.25, 0.3) is 10.9 Å². The molecule has 0 fully saturated rings. The fourth-order valence-corrected chi connectivity index (χ4v) is 2.02. The van der Waals surface area contributed by atoms with Crippen LogP contribution < -0.4 is 0 Å². The average Bonchev–Trinajstić information content (AvgIpc) is 2.50. The van der Waals surface area contributed by atoms with Crippen molar-refractivity contribution in [3.8, 4) is 0 Å². The van der Waals surface area contributed by atoms with Crippen molar-refractivity contribution in [1.82, 2.24) is 4.98 Å². The van der Waals surface area contributed by atoms with Crippen molar-refractivity contribution in [3.63, 3.8) is 0 Å². The highest BCUT2D eigenvalue weighted by molar-refractivity contribution is 6.04. The summed E-state index contributed by atoms with van der Waals surface area (Å²) in [5.74, 6) is -0.901. The Morgan fingerprint density at radius 2 is 2.10 bits per heavy atom. The number of nitro groups is 1. The van der Waals surface area contributed by atoms with Gasteiger partial charge in [0.15, 0.2) is 5.52 Å². The predicted molar refractivity (Wildman–Crippen MR) is 78.2 cm³/mol. The molecule has 2 rings (SSSR count). The summed E-state index contributed by atoms with van der Waals surface area (Å²) >= 11 is 0. The van der Waals surface area contributed by atoms with Crippen LogP contribution in [-0.2, 0) is 4.74 Å². The lowest BCUT2D eigenvalue weighted by Crippen LogP contribution is -2.08. The van der Waals surface area contributed by atoms with Crippen molar-refractivity contribution in [2.45, 2.75) is 26.2 Å². The highest BCUT2D eigenvalue weighted by Crippen LogP contribution is 2.22. The summed E-state index contributed by atoms with van der Waals surface area (Å²) < 4.78 is 5.18. The number of carbonyl (C=O) groups excluding carboxylic acids is 1. The molecule has 0 aliphatic heterocycles. The topological polar surface area (TPSA) is 82.3 Å². The number of esters is 1. The first-order valence-corrected chi connectivity index (χ1v) is 6.84. The van der Waals surface area contributed by atoms with Crippen LogP contribution in [0.3, 0.4) is 0 Å². The summed E-state index contributed by atoms with van der Waals surface area (Å²) in [6.45, 7) is 2.37. The first-order chi connectivity index (χ1) is 10.1. The van der Waals surface area contributed by atoms with Crippen molar-refractivity contribution in [3.05, 3.63) is 46.0 Å². The van der Waals surface area contributed by atoms with Gasteiger partial charge in [-0.15, -0.1) is 0 Å². The Balaban J connectivity index is 2.32. The first-order valence-electron chi connectivity index (χ1n) is 6.84. The van der Waals surface area contributed by atoms with Crippen LogP contribution >= 0.6 is 0 Å². The lowest BCUT2D eigenvalue weighted by molar-refractivity contribution is -0.389. The van der Waals surface area contributed by atoms with E-state index < -0.39 is 10.9 Å². The number of para-hydroxylation sites is 1. The zero-order valence-electron chi connectivity index (χ0n) is 11.7. The fraction of sp³-hybridized carbons (Fsp3) is 0.333. The van der Waals surface area contributed by atoms with E-state index in [0.717, 1.165) is 19.3 Å². The maximum Gasteiger partial charge on any atom is 0.364 e. The summed E-state index contributed by atoms with van der Waals surface area (Å²) in [4.78, 5) is 26.3. The molecule has 0 spiro atoms. The number of ether oxygens (including phenoxy) is 1. The molecule has 0 aliphatic rings. The van der Waals surface area contributed by atoms with Gasteiger partial charge in [0.2, 0.25) is 0 Å². The standard InChI is InChI=1S/C15H16N2O4/c1-2-3-6-9-21-15(18)12-10-14(17(19)20)16-13-8-5-4-7-11(12)13/h4-5,7-8,10H,2-3,6,9H2,1H3. The van der Waals surface area contributed by atoms with Gasteiger partial charge < -0.3 is 14.9 Å². The van der Waals surface area contributed by atoms with Crippen LogP contribution in [0, 0.1) is 10.1 Å². The molecule has 1 aromatic heterocycles. The molecule has 110 valence electrons. The Morgan fingerprint density at radius 1 is 1.33 bits per heavy atom. The smallest absolute Gasteiger partial charge is 0.364 e. The van der Waals surface area contributed by atoms with E-state index in [2.05, 4.69) is 11.9 Å². The molecule has 0 atom stereocenters. The summed E-state index contributed by atoms with van der Waals surface area (Å²) in [7, 11) is 0. The number of benzene rings is 1. The highest BCUT2D eigenvalue weighted by atomic mass is 16.6. The molecule has 0 aliphatic carbocycles. The quantitative estimate of drug-likeness (QED) is 0.351. The Morgan fingerprint density at radius 3 is 2.81 bits per heavy atom. The monoisotopic (exact) mass is 288 g/mol. The van der Waals surface area contributed by atoms with Gasteiger partial charge >= 0.3 is 11.8 Å². The van der Waals surface area contributed by atoms with Crippen molar-refractivity contribution in [1.29, 1.82) is 0 Å². The summed E-state index contributed by atoms with van der Waals surface area (Å²) in [5, 5.41) is 11.5. The van der Waals surface area contributed by atoms with Crippen LogP contribution in [0.1, 0.15) is 36.5 Å². The average molecular weight is 288 g/mol. The van der Waals surface area contributed by atoms with E-state index in [4.69, 9.17) is 4.74 Å². The van der Waals surface area contributed by atoms with Gasteiger partial charge in [-0.3, -0.25) is 0 Å². The third-order valence-electron chi connectivity index (χ3n) is 3.09. The van der Waals surface area contributed by atoms with Gasteiger partial charge in [-0.2, -0.15) is 0 Å². The number of unbranched alkanes of at least 4 members (excludes halogenated alkanes) is 2. The maximum absolute atomic E-state index is 12.1. The first kappa shape index (κ1) is 14.9. The van der Waals surface area contributed by atoms with Crippen molar-refractivity contribution in [2.24, 2.45) is 0 Å². The van der Waals surface area contributed by atoms with Crippen molar-refractivity contribution < 1.29 is 14.5 Å². The van der Waals surface area contributed by atoms with E-state index in [0.29, 0.717) is 17.5 Å². The zero-order valence-corrected chi connectivity index (χ0v) is 11.7. The molecule has 1 heterocycles. The zero-order chi connectivity index (χ0) is 15.2. The molecule has 6 nitrogen and oxygen atoms in total. The van der Waals surface area contributed by atoms with Gasteiger partial charge in [-0.05, 0) is 28.5 Å².